The van der Waals surface area contributed by atoms with Gasteiger partial charge in [0.25, 0.3) is 0 Å². The Hall–Kier alpha value is -1.39. The van der Waals surface area contributed by atoms with Crippen LogP contribution < -0.4 is 5.32 Å². The van der Waals surface area contributed by atoms with E-state index in [0.717, 1.165) is 17.7 Å². The van der Waals surface area contributed by atoms with E-state index in [0.29, 0.717) is 19.1 Å². The van der Waals surface area contributed by atoms with Crippen molar-refractivity contribution in [3.63, 3.8) is 0 Å². The van der Waals surface area contributed by atoms with Gasteiger partial charge in [0, 0.05) is 7.11 Å². The molecular weight excluding hydrogens is 254 g/mol. The van der Waals surface area contributed by atoms with E-state index in [4.69, 9.17) is 9.47 Å². The van der Waals surface area contributed by atoms with Crippen molar-refractivity contribution in [2.24, 2.45) is 5.92 Å². The number of hydrogen-bond donors (Lipinski definition) is 1. The van der Waals surface area contributed by atoms with Crippen molar-refractivity contribution in [3.8, 4) is 0 Å². The number of hydrogen-bond acceptors (Lipinski definition) is 4. The number of methoxy groups -OCH3 is 1. The molecule has 1 rings (SSSR count). The summed E-state index contributed by atoms with van der Waals surface area (Å²) >= 11 is 0. The van der Waals surface area contributed by atoms with Crippen LogP contribution in [-0.4, -0.2) is 26.2 Å². The van der Waals surface area contributed by atoms with Gasteiger partial charge in [-0.25, -0.2) is 4.79 Å². The summed E-state index contributed by atoms with van der Waals surface area (Å²) in [6, 6.07) is 7.44. The molecule has 0 heterocycles. The molecule has 0 spiro atoms. The normalized spacial score (nSPS) is 12.4. The number of nitrogens with one attached hydrogen (secondary N) is 1. The number of ether oxygens (including phenoxy) is 2. The summed E-state index contributed by atoms with van der Waals surface area (Å²) in [5, 5.41) is 3.27. The number of benzene rings is 1. The third-order valence-corrected chi connectivity index (χ3v) is 2.88. The Morgan fingerprint density at radius 2 is 1.90 bits per heavy atom. The smallest absolute Gasteiger partial charge is 0.327 e. The lowest BCUT2D eigenvalue weighted by Gasteiger charge is -2.19. The molecule has 1 atom stereocenters. The topological polar surface area (TPSA) is 47.6 Å². The maximum absolute atomic E-state index is 12.1. The first-order valence-corrected chi connectivity index (χ1v) is 7.06. The van der Waals surface area contributed by atoms with Crippen molar-refractivity contribution >= 4 is 5.97 Å². The van der Waals surface area contributed by atoms with Crippen LogP contribution in [0, 0.1) is 5.92 Å². The highest BCUT2D eigenvalue weighted by molar-refractivity contribution is 5.77. The molecule has 0 aliphatic heterocycles. The second kappa shape index (κ2) is 8.72. The van der Waals surface area contributed by atoms with Crippen LogP contribution in [0.3, 0.4) is 0 Å². The molecule has 1 N–H and O–H groups in total. The quantitative estimate of drug-likeness (QED) is 0.743. The van der Waals surface area contributed by atoms with Gasteiger partial charge in [0.15, 0.2) is 0 Å². The van der Waals surface area contributed by atoms with E-state index in [-0.39, 0.29) is 5.97 Å². The Balaban J connectivity index is 2.82. The average Bonchev–Trinajstić information content (AvgIpc) is 2.41. The van der Waals surface area contributed by atoms with Crippen LogP contribution >= 0.6 is 0 Å². The van der Waals surface area contributed by atoms with Gasteiger partial charge >= 0.3 is 5.97 Å². The number of esters is 1. The highest BCUT2D eigenvalue weighted by Gasteiger charge is 2.21. The van der Waals surface area contributed by atoms with Gasteiger partial charge in [0.1, 0.15) is 6.04 Å². The summed E-state index contributed by atoms with van der Waals surface area (Å²) in [6.07, 6.45) is 0. The van der Waals surface area contributed by atoms with Crippen LogP contribution in [0.25, 0.3) is 0 Å². The molecular formula is C16H25NO3. The van der Waals surface area contributed by atoms with Crippen molar-refractivity contribution in [2.75, 3.05) is 20.3 Å². The van der Waals surface area contributed by atoms with Crippen LogP contribution in [0.15, 0.2) is 24.3 Å². The second-order valence-electron chi connectivity index (χ2n) is 5.16. The third kappa shape index (κ3) is 5.31. The zero-order valence-electron chi connectivity index (χ0n) is 12.8. The number of carbonyl (C=O) groups excluding carboxylic acids is 1. The highest BCUT2D eigenvalue weighted by atomic mass is 16.5. The van der Waals surface area contributed by atoms with Gasteiger partial charge in [-0.05, 0) is 30.5 Å². The number of carbonyl (C=O) groups is 1. The lowest BCUT2D eigenvalue weighted by molar-refractivity contribution is -0.145. The average molecular weight is 279 g/mol. The minimum atomic E-state index is -0.408. The van der Waals surface area contributed by atoms with Gasteiger partial charge in [0.2, 0.25) is 0 Å². The summed E-state index contributed by atoms with van der Waals surface area (Å²) in [5.74, 6) is 0.243. The predicted octanol–water partition coefficient (Wildman–Crippen LogP) is 2.68. The van der Waals surface area contributed by atoms with Gasteiger partial charge in [-0.2, -0.15) is 0 Å². The molecule has 0 saturated heterocycles. The minimum absolute atomic E-state index is 0.229. The van der Waals surface area contributed by atoms with E-state index < -0.39 is 6.04 Å². The van der Waals surface area contributed by atoms with Crippen molar-refractivity contribution < 1.29 is 14.3 Å². The Labute approximate surface area is 121 Å². The minimum Gasteiger partial charge on any atom is -0.465 e. The second-order valence-corrected chi connectivity index (χ2v) is 5.16. The van der Waals surface area contributed by atoms with Gasteiger partial charge < -0.3 is 14.8 Å². The molecule has 0 fully saturated rings. The van der Waals surface area contributed by atoms with Crippen LogP contribution in [0.2, 0.25) is 0 Å². The molecule has 1 aromatic rings. The summed E-state index contributed by atoms with van der Waals surface area (Å²) < 4.78 is 10.2. The monoisotopic (exact) mass is 279 g/mol. The molecule has 1 unspecified atom stereocenters. The van der Waals surface area contributed by atoms with E-state index in [1.807, 2.05) is 31.2 Å². The first-order chi connectivity index (χ1) is 9.58. The molecule has 0 aliphatic rings. The predicted molar refractivity (Wildman–Crippen MR) is 79.4 cm³/mol. The molecule has 20 heavy (non-hydrogen) atoms. The molecule has 0 saturated carbocycles. The standard InChI is InChI=1S/C16H25NO3/c1-5-20-16(18)15(17-10-12(2)3)14-8-6-13(7-9-14)11-19-4/h6-9,12,15,17H,5,10-11H2,1-4H3. The summed E-state index contributed by atoms with van der Waals surface area (Å²) in [7, 11) is 1.67. The van der Waals surface area contributed by atoms with Crippen molar-refractivity contribution in [1.82, 2.24) is 5.32 Å². The zero-order chi connectivity index (χ0) is 15.0. The summed E-state index contributed by atoms with van der Waals surface area (Å²) in [6.45, 7) is 7.76. The number of rotatable bonds is 8. The SMILES string of the molecule is CCOC(=O)C(NCC(C)C)c1ccc(COC)cc1. The summed E-state index contributed by atoms with van der Waals surface area (Å²) in [4.78, 5) is 12.1. The zero-order valence-corrected chi connectivity index (χ0v) is 12.8. The fourth-order valence-electron chi connectivity index (χ4n) is 1.89. The lowest BCUT2D eigenvalue weighted by atomic mass is 10.0. The molecule has 1 aromatic carbocycles. The molecule has 4 nitrogen and oxygen atoms in total. The Morgan fingerprint density at radius 3 is 2.40 bits per heavy atom. The fourth-order valence-corrected chi connectivity index (χ4v) is 1.89. The fraction of sp³-hybridized carbons (Fsp3) is 0.562. The molecule has 0 aliphatic carbocycles. The van der Waals surface area contributed by atoms with Crippen LogP contribution in [0.1, 0.15) is 37.9 Å². The lowest BCUT2D eigenvalue weighted by Crippen LogP contribution is -2.32. The van der Waals surface area contributed by atoms with Gasteiger partial charge in [-0.15, -0.1) is 0 Å². The molecule has 4 heteroatoms. The molecule has 112 valence electrons. The van der Waals surface area contributed by atoms with E-state index in [2.05, 4.69) is 19.2 Å². The van der Waals surface area contributed by atoms with Gasteiger partial charge in [-0.3, -0.25) is 0 Å². The first kappa shape index (κ1) is 16.7. The molecule has 0 amide bonds. The largest absolute Gasteiger partial charge is 0.465 e. The van der Waals surface area contributed by atoms with E-state index in [9.17, 15) is 4.79 Å². The van der Waals surface area contributed by atoms with E-state index in [1.165, 1.54) is 0 Å². The van der Waals surface area contributed by atoms with Crippen molar-refractivity contribution in [2.45, 2.75) is 33.4 Å². The van der Waals surface area contributed by atoms with E-state index in [1.54, 1.807) is 7.11 Å². The molecule has 0 bridgehead atoms. The van der Waals surface area contributed by atoms with Crippen molar-refractivity contribution in [1.29, 1.82) is 0 Å². The Bertz CT molecular complexity index is 401. The maximum Gasteiger partial charge on any atom is 0.327 e. The van der Waals surface area contributed by atoms with E-state index >= 15 is 0 Å². The third-order valence-electron chi connectivity index (χ3n) is 2.88. The Kier molecular flexibility index (Phi) is 7.26. The van der Waals surface area contributed by atoms with Crippen molar-refractivity contribution in [3.05, 3.63) is 35.4 Å². The first-order valence-electron chi connectivity index (χ1n) is 7.06. The van der Waals surface area contributed by atoms with Crippen LogP contribution in [0.5, 0.6) is 0 Å². The van der Waals surface area contributed by atoms with Crippen LogP contribution in [-0.2, 0) is 20.9 Å². The van der Waals surface area contributed by atoms with Gasteiger partial charge in [0.05, 0.1) is 13.2 Å². The Morgan fingerprint density at radius 1 is 1.25 bits per heavy atom. The highest BCUT2D eigenvalue weighted by Crippen LogP contribution is 2.16. The maximum atomic E-state index is 12.1. The summed E-state index contributed by atoms with van der Waals surface area (Å²) in [5.41, 5.74) is 2.01. The van der Waals surface area contributed by atoms with Crippen LogP contribution in [0.4, 0.5) is 0 Å². The molecule has 0 radical (unpaired) electrons. The molecule has 0 aromatic heterocycles. The van der Waals surface area contributed by atoms with Gasteiger partial charge in [-0.1, -0.05) is 38.1 Å².